The van der Waals surface area contributed by atoms with Crippen LogP contribution in [0.4, 0.5) is 26.3 Å². The van der Waals surface area contributed by atoms with Crippen molar-refractivity contribution in [3.63, 3.8) is 0 Å². The molecule has 0 aromatic heterocycles. The zero-order valence-electron chi connectivity index (χ0n) is 33.4. The van der Waals surface area contributed by atoms with Crippen molar-refractivity contribution in [2.24, 2.45) is 11.3 Å². The fourth-order valence-electron chi connectivity index (χ4n) is 6.75. The molecule has 0 bridgehead atoms. The summed E-state index contributed by atoms with van der Waals surface area (Å²) in [5.41, 5.74) is 11.7. The van der Waals surface area contributed by atoms with Gasteiger partial charge in [0.25, 0.3) is 0 Å². The Kier molecular flexibility index (Phi) is 16.5. The van der Waals surface area contributed by atoms with Crippen LogP contribution in [0, 0.1) is 23.5 Å². The molecule has 8 rings (SSSR count). The van der Waals surface area contributed by atoms with Crippen LogP contribution in [-0.2, 0) is 43.0 Å². The van der Waals surface area contributed by atoms with Crippen LogP contribution in [0.3, 0.4) is 0 Å². The molecule has 6 aromatic rings. The maximum atomic E-state index is 12.5. The number of hydrogen-bond acceptors (Lipinski definition) is 0. The molecule has 0 spiro atoms. The summed E-state index contributed by atoms with van der Waals surface area (Å²) in [5.74, 6) is 0.573. The largest absolute Gasteiger partial charge is 1.00 e. The van der Waals surface area contributed by atoms with Crippen LogP contribution in [-0.4, -0.2) is 3.21 Å². The van der Waals surface area contributed by atoms with E-state index < -0.39 is 23.5 Å². The predicted molar refractivity (Wildman–Crippen MR) is 220 cm³/mol. The molecule has 0 saturated carbocycles. The summed E-state index contributed by atoms with van der Waals surface area (Å²) in [6, 6.07) is 45.2. The number of fused-ring (bicyclic) bond motifs is 3. The van der Waals surface area contributed by atoms with Crippen LogP contribution in [0.1, 0.15) is 67.5 Å². The van der Waals surface area contributed by atoms with Crippen molar-refractivity contribution in [1.82, 2.24) is 0 Å². The van der Waals surface area contributed by atoms with E-state index >= 15 is 0 Å². The molecule has 9 heteroatoms. The number of rotatable bonds is 5. The SMILES string of the molecule is CCC1[C-]=CC(C(C)(C)C)=C1.FC(F)(F)c1ccc([C](=[Zr+2])c2ccc(C(F)(F)F)cc2)cc1.[Cl-].[Cl-].[c-]1c(-c2ccccc2)ccc2c1Cc1cc(-c3ccccc3)ccc1-2. The number of hydrogen-bond donors (Lipinski definition) is 0. The molecule has 6 aromatic carbocycles. The van der Waals surface area contributed by atoms with Gasteiger partial charge in [0.1, 0.15) is 0 Å². The molecule has 1 atom stereocenters. The van der Waals surface area contributed by atoms with Gasteiger partial charge in [0.2, 0.25) is 0 Å². The molecule has 0 nitrogen and oxygen atoms in total. The third-order valence-electron chi connectivity index (χ3n) is 10.1. The molecule has 60 heavy (non-hydrogen) atoms. The van der Waals surface area contributed by atoms with Crippen molar-refractivity contribution < 1.29 is 75.4 Å². The predicted octanol–water partition coefficient (Wildman–Crippen LogP) is 8.60. The van der Waals surface area contributed by atoms with Crippen LogP contribution in [0.15, 0.2) is 157 Å². The maximum absolute atomic E-state index is 12.5. The molecule has 0 saturated heterocycles. The van der Waals surface area contributed by atoms with E-state index in [2.05, 4.69) is 143 Å². The van der Waals surface area contributed by atoms with Crippen molar-refractivity contribution in [3.05, 3.63) is 203 Å². The fourth-order valence-corrected chi connectivity index (χ4v) is 7.57. The van der Waals surface area contributed by atoms with Gasteiger partial charge in [-0.05, 0) is 23.1 Å². The van der Waals surface area contributed by atoms with Gasteiger partial charge in [-0.2, -0.15) is 11.6 Å². The first-order chi connectivity index (χ1) is 27.5. The van der Waals surface area contributed by atoms with Crippen LogP contribution < -0.4 is 24.8 Å². The molecule has 0 radical (unpaired) electrons. The molecule has 308 valence electrons. The molecule has 0 fully saturated rings. The van der Waals surface area contributed by atoms with Gasteiger partial charge < -0.3 is 24.8 Å². The van der Waals surface area contributed by atoms with Crippen molar-refractivity contribution in [2.75, 3.05) is 0 Å². The Labute approximate surface area is 376 Å². The van der Waals surface area contributed by atoms with E-state index in [9.17, 15) is 26.3 Å². The zero-order chi connectivity index (χ0) is 41.7. The van der Waals surface area contributed by atoms with E-state index in [0.29, 0.717) is 25.7 Å². The molecule has 2 aliphatic carbocycles. The summed E-state index contributed by atoms with van der Waals surface area (Å²) in [7, 11) is 0. The first-order valence-electron chi connectivity index (χ1n) is 19.1. The Bertz CT molecular complexity index is 2260. The minimum absolute atomic E-state index is 0. The molecule has 0 N–H and O–H groups in total. The van der Waals surface area contributed by atoms with Crippen LogP contribution >= 0.6 is 0 Å². The fraction of sp³-hybridized carbons (Fsp3) is 0.196. The molecule has 2 aliphatic rings. The Morgan fingerprint density at radius 3 is 1.57 bits per heavy atom. The quantitative estimate of drug-likeness (QED) is 0.120. The Balaban J connectivity index is 0.000000209. The monoisotopic (exact) mass is 928 g/mol. The molecule has 1 unspecified atom stereocenters. The second kappa shape index (κ2) is 20.5. The van der Waals surface area contributed by atoms with E-state index in [1.54, 1.807) is 0 Å². The van der Waals surface area contributed by atoms with Gasteiger partial charge >= 0.3 is 137 Å². The van der Waals surface area contributed by atoms with E-state index in [0.717, 1.165) is 54.9 Å². The summed E-state index contributed by atoms with van der Waals surface area (Å²) >= 11 is 0.898. The average Bonchev–Trinajstić information content (AvgIpc) is 3.86. The maximum Gasteiger partial charge on any atom is -0.0181 e. The third kappa shape index (κ3) is 12.2. The zero-order valence-corrected chi connectivity index (χ0v) is 37.4. The van der Waals surface area contributed by atoms with Crippen molar-refractivity contribution >= 4 is 3.21 Å². The minimum Gasteiger partial charge on any atom is -1.00 e. The van der Waals surface area contributed by atoms with Gasteiger partial charge in [-0.15, -0.1) is 29.3 Å². The Hall–Kier alpha value is -4.29. The Morgan fingerprint density at radius 1 is 0.617 bits per heavy atom. The van der Waals surface area contributed by atoms with Gasteiger partial charge in [-0.1, -0.05) is 141 Å². The number of allylic oxidation sites excluding steroid dienone is 4. The summed E-state index contributed by atoms with van der Waals surface area (Å²) in [6.45, 7) is 8.94. The summed E-state index contributed by atoms with van der Waals surface area (Å²) in [6.07, 6.45) is 1.15. The number of alkyl halides is 6. The van der Waals surface area contributed by atoms with Crippen molar-refractivity contribution in [1.29, 1.82) is 0 Å². The topological polar surface area (TPSA) is 0 Å². The average molecular weight is 931 g/mol. The molecule has 0 aliphatic heterocycles. The normalized spacial score (nSPS) is 13.9. The van der Waals surface area contributed by atoms with Crippen molar-refractivity contribution in [2.45, 2.75) is 52.9 Å². The number of benzene rings is 6. The molecular weight excluding hydrogens is 889 g/mol. The van der Waals surface area contributed by atoms with E-state index in [4.69, 9.17) is 0 Å². The van der Waals surface area contributed by atoms with Gasteiger partial charge in [0.05, 0.1) is 0 Å². The second-order valence-electron chi connectivity index (χ2n) is 15.3. The van der Waals surface area contributed by atoms with Crippen molar-refractivity contribution in [3.8, 4) is 33.4 Å². The molecular formula is C51H42Cl2F6Zr-2. The van der Waals surface area contributed by atoms with Gasteiger partial charge in [-0.3, -0.25) is 6.08 Å². The second-order valence-corrected chi connectivity index (χ2v) is 16.5. The minimum atomic E-state index is -4.41. The third-order valence-corrected chi connectivity index (χ3v) is 11.5. The first kappa shape index (κ1) is 48.4. The van der Waals surface area contributed by atoms with Gasteiger partial charge in [0, 0.05) is 0 Å². The summed E-state index contributed by atoms with van der Waals surface area (Å²) in [5, 5.41) is 0. The summed E-state index contributed by atoms with van der Waals surface area (Å²) < 4.78 is 75.6. The molecule has 0 heterocycles. The van der Waals surface area contributed by atoms with E-state index in [-0.39, 0.29) is 24.8 Å². The smallest absolute Gasteiger partial charge is 0.0181 e. The van der Waals surface area contributed by atoms with E-state index in [1.165, 1.54) is 80.8 Å². The van der Waals surface area contributed by atoms with Crippen LogP contribution in [0.2, 0.25) is 0 Å². The van der Waals surface area contributed by atoms with Crippen LogP contribution in [0.25, 0.3) is 33.4 Å². The number of halogens is 8. The standard InChI is InChI=1S/C25H17.C15H8F6.C11H17.2ClH.Zr/c1-3-7-18(8-4-1)20-11-13-24-22(15-20)17-23-16-21(12-14-25(23)24)19-9-5-2-6-10-19;16-14(17,18)12-5-1-10(2-6-12)9-11-3-7-13(8-4-11)15(19,20)21;1-5-9-6-7-10(8-9)11(2,3)4;;;/h1-15H,17H2;1-8H;7-9H,5H2,1-4H3;2*1H;/q-1;;-1;;;+2/p-2. The Morgan fingerprint density at radius 2 is 1.12 bits per heavy atom. The first-order valence-corrected chi connectivity index (χ1v) is 20.3. The van der Waals surface area contributed by atoms with Crippen LogP contribution in [0.5, 0.6) is 0 Å². The van der Waals surface area contributed by atoms with E-state index in [1.807, 2.05) is 0 Å². The summed E-state index contributed by atoms with van der Waals surface area (Å²) in [4.78, 5) is 0. The van der Waals surface area contributed by atoms with Gasteiger partial charge in [0.15, 0.2) is 0 Å². The van der Waals surface area contributed by atoms with Gasteiger partial charge in [-0.25, -0.2) is 6.08 Å². The molecule has 0 amide bonds.